The molecule has 3 fully saturated rings. The van der Waals surface area contributed by atoms with Crippen molar-refractivity contribution in [1.29, 1.82) is 0 Å². The first-order valence-electron chi connectivity index (χ1n) is 16.6. The van der Waals surface area contributed by atoms with Gasteiger partial charge in [-0.3, -0.25) is 4.79 Å². The number of aliphatic hydroxyl groups is 1. The number of likely N-dealkylation sites (tertiary alicyclic amines) is 3. The van der Waals surface area contributed by atoms with Crippen LogP contribution in [-0.2, 0) is 17.6 Å². The average Bonchev–Trinajstić information content (AvgIpc) is 3.24. The van der Waals surface area contributed by atoms with E-state index in [4.69, 9.17) is 23.2 Å². The Balaban J connectivity index is 1.25. The van der Waals surface area contributed by atoms with Gasteiger partial charge in [0, 0.05) is 63.1 Å². The Morgan fingerprint density at radius 3 is 2.26 bits per heavy atom. The number of carbonyl (C=O) groups is 3. The summed E-state index contributed by atoms with van der Waals surface area (Å²) in [4.78, 5) is 48.1. The number of carbonyl (C=O) groups excluding carboxylic acids is 2. The first-order valence-corrected chi connectivity index (χ1v) is 17.4. The van der Waals surface area contributed by atoms with Crippen molar-refractivity contribution in [1.82, 2.24) is 19.6 Å². The molecule has 0 bridgehead atoms. The summed E-state index contributed by atoms with van der Waals surface area (Å²) in [5, 5.41) is 33.6. The number of nitrogens with zero attached hydrogens (tertiary/aromatic N) is 4. The van der Waals surface area contributed by atoms with Gasteiger partial charge in [0.25, 0.3) is 0 Å². The summed E-state index contributed by atoms with van der Waals surface area (Å²) in [5.41, 5.74) is 2.44. The Kier molecular flexibility index (Phi) is 10.4. The number of urea groups is 1. The zero-order valence-corrected chi connectivity index (χ0v) is 27.9. The van der Waals surface area contributed by atoms with Crippen molar-refractivity contribution in [3.8, 4) is 5.75 Å². The number of anilines is 1. The van der Waals surface area contributed by atoms with Crippen LogP contribution in [0.4, 0.5) is 15.3 Å². The van der Waals surface area contributed by atoms with E-state index >= 15 is 0 Å². The van der Waals surface area contributed by atoms with Crippen LogP contribution in [0.2, 0.25) is 10.0 Å². The summed E-state index contributed by atoms with van der Waals surface area (Å²) in [5.74, 6) is -1.15. The Labute approximate surface area is 285 Å². The fourth-order valence-electron chi connectivity index (χ4n) is 7.93. The maximum absolute atomic E-state index is 14.5. The number of nitrogens with one attached hydrogen (secondary N) is 1. The maximum Gasteiger partial charge on any atom is 0.407 e. The van der Waals surface area contributed by atoms with Crippen molar-refractivity contribution in [3.63, 3.8) is 0 Å². The molecule has 2 aromatic rings. The van der Waals surface area contributed by atoms with E-state index in [1.54, 1.807) is 17.0 Å². The zero-order valence-electron chi connectivity index (χ0n) is 26.4. The van der Waals surface area contributed by atoms with Crippen LogP contribution in [0.3, 0.4) is 0 Å². The van der Waals surface area contributed by atoms with Gasteiger partial charge in [-0.25, -0.2) is 9.59 Å². The highest BCUT2D eigenvalue weighted by molar-refractivity contribution is 6.37. The van der Waals surface area contributed by atoms with Crippen LogP contribution in [0.5, 0.6) is 5.75 Å². The number of piperidine rings is 3. The van der Waals surface area contributed by atoms with Gasteiger partial charge < -0.3 is 40.2 Å². The molecule has 11 nitrogen and oxygen atoms in total. The third-order valence-electron chi connectivity index (χ3n) is 10.6. The van der Waals surface area contributed by atoms with Crippen LogP contribution in [0.1, 0.15) is 49.7 Å². The SMILES string of the molecule is O=C(C(Cc1cc(Cl)c(O)c(Cl)c1)[C@H]1CC(N2CCc3ccccc3NC2=O)CCN1C(=O)O)N1CCC(N2CCC(O)CC2)CC1. The smallest absolute Gasteiger partial charge is 0.407 e. The monoisotopic (exact) mass is 687 g/mol. The summed E-state index contributed by atoms with van der Waals surface area (Å²) in [7, 11) is 0. The molecule has 4 aliphatic rings. The highest BCUT2D eigenvalue weighted by Crippen LogP contribution is 2.37. The van der Waals surface area contributed by atoms with Crippen molar-refractivity contribution in [2.24, 2.45) is 5.92 Å². The number of halogens is 2. The van der Waals surface area contributed by atoms with Gasteiger partial charge in [-0.05, 0) is 80.7 Å². The van der Waals surface area contributed by atoms with Crippen LogP contribution < -0.4 is 5.32 Å². The van der Waals surface area contributed by atoms with E-state index in [9.17, 15) is 29.7 Å². The number of aliphatic hydroxyl groups excluding tert-OH is 1. The van der Waals surface area contributed by atoms with Gasteiger partial charge in [-0.15, -0.1) is 0 Å². The number of hydrogen-bond donors (Lipinski definition) is 4. The standard InChI is InChI=1S/C34H43Cl2N5O6/c35-27-18-21(19-28(36)31(27)43)17-26(32(44)39-11-6-23(7-12-39)38-13-9-25(42)10-14-38)30-20-24(8-16-41(30)34(46)47)40-15-5-22-3-1-2-4-29(22)37-33(40)45/h1-4,18-19,23-26,30,42-43H,5-17,20H2,(H,37,45)(H,46,47)/t24?,26?,30-/m1/s1. The van der Waals surface area contributed by atoms with Crippen molar-refractivity contribution < 1.29 is 29.7 Å². The predicted molar refractivity (Wildman–Crippen MR) is 179 cm³/mol. The number of carboxylic acid groups (broad SMARTS) is 1. The molecule has 0 aromatic heterocycles. The Hall–Kier alpha value is -3.25. The lowest BCUT2D eigenvalue weighted by atomic mass is 9.82. The van der Waals surface area contributed by atoms with Gasteiger partial charge in [0.15, 0.2) is 5.75 Å². The molecule has 4 amide bonds. The Morgan fingerprint density at radius 2 is 1.57 bits per heavy atom. The first-order chi connectivity index (χ1) is 22.6. The number of benzene rings is 2. The number of aromatic hydroxyl groups is 1. The summed E-state index contributed by atoms with van der Waals surface area (Å²) < 4.78 is 0. The molecule has 4 aliphatic heterocycles. The summed E-state index contributed by atoms with van der Waals surface area (Å²) in [6, 6.07) is 9.98. The third kappa shape index (κ3) is 7.43. The minimum Gasteiger partial charge on any atom is -0.505 e. The van der Waals surface area contributed by atoms with Crippen molar-refractivity contribution in [3.05, 3.63) is 57.6 Å². The molecule has 0 radical (unpaired) electrons. The number of fused-ring (bicyclic) bond motifs is 1. The highest BCUT2D eigenvalue weighted by atomic mass is 35.5. The molecule has 4 N–H and O–H groups in total. The topological polar surface area (TPSA) is 137 Å². The van der Waals surface area contributed by atoms with Crippen molar-refractivity contribution in [2.45, 2.75) is 75.6 Å². The van der Waals surface area contributed by atoms with Gasteiger partial charge in [0.2, 0.25) is 5.91 Å². The maximum atomic E-state index is 14.5. The number of rotatable bonds is 6. The number of amides is 4. The van der Waals surface area contributed by atoms with Crippen molar-refractivity contribution >= 4 is 46.9 Å². The molecule has 254 valence electrons. The lowest BCUT2D eigenvalue weighted by molar-refractivity contribution is -0.140. The fourth-order valence-corrected chi connectivity index (χ4v) is 8.46. The van der Waals surface area contributed by atoms with E-state index in [-0.39, 0.29) is 52.8 Å². The molecular weight excluding hydrogens is 645 g/mol. The molecule has 3 atom stereocenters. The number of hydrogen-bond acceptors (Lipinski definition) is 6. The van der Waals surface area contributed by atoms with E-state index in [0.29, 0.717) is 50.5 Å². The lowest BCUT2D eigenvalue weighted by Gasteiger charge is -2.46. The molecular formula is C34H43Cl2N5O6. The van der Waals surface area contributed by atoms with E-state index in [0.717, 1.165) is 50.0 Å². The van der Waals surface area contributed by atoms with E-state index in [1.807, 2.05) is 29.2 Å². The van der Waals surface area contributed by atoms with Gasteiger partial charge in [-0.2, -0.15) is 0 Å². The molecule has 0 aliphatic carbocycles. The number of para-hydroxylation sites is 1. The Morgan fingerprint density at radius 1 is 0.915 bits per heavy atom. The second-order valence-electron chi connectivity index (χ2n) is 13.3. The molecule has 4 heterocycles. The molecule has 2 aromatic carbocycles. The number of phenolic OH excluding ortho intramolecular Hbond substituents is 1. The van der Waals surface area contributed by atoms with Crippen LogP contribution in [0.25, 0.3) is 0 Å². The minimum absolute atomic E-state index is 0.0589. The zero-order chi connectivity index (χ0) is 33.2. The summed E-state index contributed by atoms with van der Waals surface area (Å²) >= 11 is 12.6. The third-order valence-corrected chi connectivity index (χ3v) is 11.1. The summed E-state index contributed by atoms with van der Waals surface area (Å²) in [6.07, 6.45) is 3.36. The van der Waals surface area contributed by atoms with E-state index in [1.165, 1.54) is 4.90 Å². The van der Waals surface area contributed by atoms with Gasteiger partial charge >= 0.3 is 12.1 Å². The van der Waals surface area contributed by atoms with Crippen LogP contribution in [0.15, 0.2) is 36.4 Å². The summed E-state index contributed by atoms with van der Waals surface area (Å²) in [6.45, 7) is 3.45. The quantitative estimate of drug-likeness (QED) is 0.339. The predicted octanol–water partition coefficient (Wildman–Crippen LogP) is 4.91. The van der Waals surface area contributed by atoms with Gasteiger partial charge in [-0.1, -0.05) is 41.4 Å². The lowest BCUT2D eigenvalue weighted by Crippen LogP contribution is -2.59. The second kappa shape index (κ2) is 14.5. The molecule has 0 saturated carbocycles. The Bertz CT molecular complexity index is 1460. The molecule has 6 rings (SSSR count). The van der Waals surface area contributed by atoms with Crippen LogP contribution >= 0.6 is 23.2 Å². The van der Waals surface area contributed by atoms with Gasteiger partial charge in [0.1, 0.15) is 0 Å². The number of phenols is 1. The average molecular weight is 689 g/mol. The van der Waals surface area contributed by atoms with E-state index in [2.05, 4.69) is 10.2 Å². The largest absolute Gasteiger partial charge is 0.505 e. The van der Waals surface area contributed by atoms with Crippen LogP contribution in [0, 0.1) is 5.92 Å². The minimum atomic E-state index is -1.10. The normalized spacial score (nSPS) is 24.0. The van der Waals surface area contributed by atoms with Gasteiger partial charge in [0.05, 0.1) is 22.1 Å². The molecule has 2 unspecified atom stereocenters. The highest BCUT2D eigenvalue weighted by Gasteiger charge is 2.44. The fraction of sp³-hybridized carbons (Fsp3) is 0.559. The van der Waals surface area contributed by atoms with Crippen LogP contribution in [-0.4, -0.2) is 116 Å². The first kappa shape index (κ1) is 33.6. The van der Waals surface area contributed by atoms with E-state index < -0.39 is 18.1 Å². The molecule has 3 saturated heterocycles. The van der Waals surface area contributed by atoms with Crippen molar-refractivity contribution in [2.75, 3.05) is 44.6 Å². The molecule has 47 heavy (non-hydrogen) atoms. The second-order valence-corrected chi connectivity index (χ2v) is 14.1. The molecule has 13 heteroatoms. The molecule has 0 spiro atoms.